The van der Waals surface area contributed by atoms with Crippen LogP contribution >= 0.6 is 0 Å². The van der Waals surface area contributed by atoms with Crippen LogP contribution in [0, 0.1) is 6.92 Å². The van der Waals surface area contributed by atoms with Crippen molar-refractivity contribution in [1.82, 2.24) is 4.57 Å². The van der Waals surface area contributed by atoms with Crippen molar-refractivity contribution in [3.8, 4) is 0 Å². The van der Waals surface area contributed by atoms with Crippen LogP contribution in [0.3, 0.4) is 0 Å². The third kappa shape index (κ3) is 1.57. The molecule has 0 radical (unpaired) electrons. The van der Waals surface area contributed by atoms with Crippen molar-refractivity contribution in [2.75, 3.05) is 6.54 Å². The van der Waals surface area contributed by atoms with E-state index in [1.807, 2.05) is 6.08 Å². The molecule has 0 aliphatic carbocycles. The molecule has 0 spiro atoms. The number of aromatic nitrogens is 1. The second-order valence-corrected chi connectivity index (χ2v) is 3.71. The third-order valence-electron chi connectivity index (χ3n) is 2.87. The summed E-state index contributed by atoms with van der Waals surface area (Å²) in [6.07, 6.45) is 4.10. The standard InChI is InChI=1S/C13H16N2/c1-10-11(7-5-9-14)12-6-3-4-8-13(12)15(10)2/h3-8H,9,14H2,1-2H3/b7-5+. The molecule has 0 unspecified atom stereocenters. The summed E-state index contributed by atoms with van der Waals surface area (Å²) in [5.74, 6) is 0. The van der Waals surface area contributed by atoms with Gasteiger partial charge in [-0.15, -0.1) is 0 Å². The molecule has 2 heteroatoms. The zero-order valence-electron chi connectivity index (χ0n) is 9.20. The molecule has 0 atom stereocenters. The number of fused-ring (bicyclic) bond motifs is 1. The van der Waals surface area contributed by atoms with Crippen LogP contribution in [-0.2, 0) is 7.05 Å². The van der Waals surface area contributed by atoms with Gasteiger partial charge >= 0.3 is 0 Å². The Labute approximate surface area is 90.0 Å². The Balaban J connectivity index is 2.72. The highest BCUT2D eigenvalue weighted by Crippen LogP contribution is 2.25. The third-order valence-corrected chi connectivity index (χ3v) is 2.87. The number of aryl methyl sites for hydroxylation is 1. The molecular weight excluding hydrogens is 184 g/mol. The van der Waals surface area contributed by atoms with Crippen LogP contribution in [0.1, 0.15) is 11.3 Å². The summed E-state index contributed by atoms with van der Waals surface area (Å²) in [7, 11) is 2.09. The molecule has 2 nitrogen and oxygen atoms in total. The van der Waals surface area contributed by atoms with Crippen LogP contribution in [0.5, 0.6) is 0 Å². The predicted octanol–water partition coefficient (Wildman–Crippen LogP) is 2.46. The lowest BCUT2D eigenvalue weighted by Crippen LogP contribution is -1.93. The van der Waals surface area contributed by atoms with Gasteiger partial charge in [-0.05, 0) is 13.0 Å². The summed E-state index contributed by atoms with van der Waals surface area (Å²) in [5, 5.41) is 1.29. The van der Waals surface area contributed by atoms with Gasteiger partial charge in [0.25, 0.3) is 0 Å². The highest BCUT2D eigenvalue weighted by molar-refractivity contribution is 5.91. The van der Waals surface area contributed by atoms with Crippen molar-refractivity contribution in [3.05, 3.63) is 41.6 Å². The van der Waals surface area contributed by atoms with Gasteiger partial charge in [-0.25, -0.2) is 0 Å². The van der Waals surface area contributed by atoms with E-state index in [4.69, 9.17) is 5.73 Å². The second-order valence-electron chi connectivity index (χ2n) is 3.71. The quantitative estimate of drug-likeness (QED) is 0.793. The number of hydrogen-bond acceptors (Lipinski definition) is 1. The van der Waals surface area contributed by atoms with Gasteiger partial charge in [0.05, 0.1) is 0 Å². The maximum absolute atomic E-state index is 5.48. The Bertz CT molecular complexity index is 506. The van der Waals surface area contributed by atoms with Crippen molar-refractivity contribution >= 4 is 17.0 Å². The number of nitrogens with two attached hydrogens (primary N) is 1. The topological polar surface area (TPSA) is 30.9 Å². The lowest BCUT2D eigenvalue weighted by atomic mass is 10.1. The summed E-state index contributed by atoms with van der Waals surface area (Å²) < 4.78 is 2.21. The first-order valence-corrected chi connectivity index (χ1v) is 5.16. The molecule has 1 heterocycles. The first-order chi connectivity index (χ1) is 7.25. The van der Waals surface area contributed by atoms with Crippen molar-refractivity contribution in [2.45, 2.75) is 6.92 Å². The molecule has 0 aliphatic rings. The maximum atomic E-state index is 5.48. The molecule has 0 bridgehead atoms. The lowest BCUT2D eigenvalue weighted by molar-refractivity contribution is 0.916. The Hall–Kier alpha value is -1.54. The molecule has 0 aliphatic heterocycles. The van der Waals surface area contributed by atoms with Crippen molar-refractivity contribution in [1.29, 1.82) is 0 Å². The molecule has 78 valence electrons. The van der Waals surface area contributed by atoms with E-state index in [1.54, 1.807) is 0 Å². The molecule has 0 saturated heterocycles. The Morgan fingerprint density at radius 2 is 2.07 bits per heavy atom. The number of para-hydroxylation sites is 1. The number of hydrogen-bond donors (Lipinski definition) is 1. The van der Waals surface area contributed by atoms with Gasteiger partial charge in [0.2, 0.25) is 0 Å². The molecular formula is C13H16N2. The second kappa shape index (κ2) is 3.91. The van der Waals surface area contributed by atoms with E-state index in [1.165, 1.54) is 22.2 Å². The molecule has 1 aromatic carbocycles. The monoisotopic (exact) mass is 200 g/mol. The van der Waals surface area contributed by atoms with Crippen LogP contribution in [0.15, 0.2) is 30.3 Å². The van der Waals surface area contributed by atoms with Gasteiger partial charge < -0.3 is 10.3 Å². The van der Waals surface area contributed by atoms with E-state index in [9.17, 15) is 0 Å². The van der Waals surface area contributed by atoms with E-state index < -0.39 is 0 Å². The van der Waals surface area contributed by atoms with E-state index in [0.717, 1.165) is 0 Å². The van der Waals surface area contributed by atoms with Crippen molar-refractivity contribution in [2.24, 2.45) is 12.8 Å². The van der Waals surface area contributed by atoms with Crippen LogP contribution in [0.25, 0.3) is 17.0 Å². The molecule has 0 saturated carbocycles. The normalized spacial score (nSPS) is 11.7. The zero-order valence-corrected chi connectivity index (χ0v) is 9.20. The predicted molar refractivity (Wildman–Crippen MR) is 65.7 cm³/mol. The summed E-state index contributed by atoms with van der Waals surface area (Å²) in [6.45, 7) is 2.72. The van der Waals surface area contributed by atoms with Gasteiger partial charge in [-0.2, -0.15) is 0 Å². The highest BCUT2D eigenvalue weighted by Gasteiger charge is 2.07. The Kier molecular flexibility index (Phi) is 2.60. The largest absolute Gasteiger partial charge is 0.347 e. The fourth-order valence-electron chi connectivity index (χ4n) is 1.95. The Morgan fingerprint density at radius 1 is 1.33 bits per heavy atom. The van der Waals surface area contributed by atoms with Crippen LogP contribution < -0.4 is 5.73 Å². The molecule has 0 amide bonds. The van der Waals surface area contributed by atoms with Gasteiger partial charge in [0.1, 0.15) is 0 Å². The molecule has 1 aromatic heterocycles. The first-order valence-electron chi connectivity index (χ1n) is 5.16. The SMILES string of the molecule is Cc1c(/C=C/CN)c2ccccc2n1C. The van der Waals surface area contributed by atoms with E-state index in [-0.39, 0.29) is 0 Å². The van der Waals surface area contributed by atoms with E-state index in [2.05, 4.69) is 48.9 Å². The molecule has 2 rings (SSSR count). The Morgan fingerprint density at radius 3 is 2.80 bits per heavy atom. The summed E-state index contributed by atoms with van der Waals surface area (Å²) >= 11 is 0. The zero-order chi connectivity index (χ0) is 10.8. The maximum Gasteiger partial charge on any atom is 0.0486 e. The smallest absolute Gasteiger partial charge is 0.0486 e. The highest BCUT2D eigenvalue weighted by atomic mass is 14.9. The minimum Gasteiger partial charge on any atom is -0.347 e. The van der Waals surface area contributed by atoms with Gasteiger partial charge in [-0.3, -0.25) is 0 Å². The minimum atomic E-state index is 0.586. The van der Waals surface area contributed by atoms with E-state index >= 15 is 0 Å². The van der Waals surface area contributed by atoms with Gasteiger partial charge in [0.15, 0.2) is 0 Å². The van der Waals surface area contributed by atoms with E-state index in [0.29, 0.717) is 6.54 Å². The number of benzene rings is 1. The van der Waals surface area contributed by atoms with Gasteiger partial charge in [-0.1, -0.05) is 30.4 Å². The number of rotatable bonds is 2. The molecule has 0 fully saturated rings. The van der Waals surface area contributed by atoms with Crippen LogP contribution in [0.4, 0.5) is 0 Å². The summed E-state index contributed by atoms with van der Waals surface area (Å²) in [5.41, 5.74) is 9.31. The van der Waals surface area contributed by atoms with Crippen LogP contribution in [0.2, 0.25) is 0 Å². The fourth-order valence-corrected chi connectivity index (χ4v) is 1.95. The van der Waals surface area contributed by atoms with Crippen LogP contribution in [-0.4, -0.2) is 11.1 Å². The lowest BCUT2D eigenvalue weighted by Gasteiger charge is -1.97. The molecule has 2 N–H and O–H groups in total. The van der Waals surface area contributed by atoms with Crippen molar-refractivity contribution < 1.29 is 0 Å². The summed E-state index contributed by atoms with van der Waals surface area (Å²) in [6, 6.07) is 8.43. The minimum absolute atomic E-state index is 0.586. The fraction of sp³-hybridized carbons (Fsp3) is 0.231. The number of nitrogens with zero attached hydrogens (tertiary/aromatic N) is 1. The molecule has 15 heavy (non-hydrogen) atoms. The molecule has 2 aromatic rings. The first kappa shape index (κ1) is 9.99. The summed E-state index contributed by atoms with van der Waals surface area (Å²) in [4.78, 5) is 0. The average molecular weight is 200 g/mol. The average Bonchev–Trinajstić information content (AvgIpc) is 2.51. The van der Waals surface area contributed by atoms with Gasteiger partial charge in [0, 0.05) is 35.8 Å². The van der Waals surface area contributed by atoms with Crippen molar-refractivity contribution in [3.63, 3.8) is 0 Å².